The molecule has 1 amide bonds. The third-order valence-electron chi connectivity index (χ3n) is 8.62. The van der Waals surface area contributed by atoms with Gasteiger partial charge in [-0.1, -0.05) is 62.7 Å². The molecule has 2 aliphatic heterocycles. The first-order valence-corrected chi connectivity index (χ1v) is 15.0. The Kier molecular flexibility index (Phi) is 10.3. The molecule has 0 bridgehead atoms. The van der Waals surface area contributed by atoms with Gasteiger partial charge in [0.05, 0.1) is 46.2 Å². The largest absolute Gasteiger partial charge is 0.465 e. The van der Waals surface area contributed by atoms with Gasteiger partial charge >= 0.3 is 5.97 Å². The Bertz CT molecular complexity index is 1760. The molecule has 1 fully saturated rings. The third kappa shape index (κ3) is 5.93. The van der Waals surface area contributed by atoms with Gasteiger partial charge in [0.1, 0.15) is 11.4 Å². The van der Waals surface area contributed by atoms with Gasteiger partial charge < -0.3 is 15.2 Å². The van der Waals surface area contributed by atoms with Crippen LogP contribution < -0.4 is 5.32 Å². The van der Waals surface area contributed by atoms with Crippen molar-refractivity contribution in [1.82, 2.24) is 4.90 Å². The smallest absolute Gasteiger partial charge is 0.338 e. The number of aliphatic hydroxyl groups is 1. The molecule has 12 nitrogen and oxygen atoms in total. The van der Waals surface area contributed by atoms with Crippen molar-refractivity contribution in [1.29, 1.82) is 0 Å². The van der Waals surface area contributed by atoms with Crippen LogP contribution in [-0.4, -0.2) is 57.5 Å². The van der Waals surface area contributed by atoms with Gasteiger partial charge in [0.2, 0.25) is 6.04 Å². The number of nitrogens with one attached hydrogen (secondary N) is 1. The standard InChI is InChI=1S/C31H29Cl2FN4O8.CH4/c1-15(2)14-36-24(13-25(39)18-9-7-16(29(40)46-3)11-23(18)37(42)43)28(38(44)45)26(19-5-4-6-21(33)27(19)34)31(36)20-10-8-17(32)12-22(20)35-30(31)41;/h4-12,15,24-26,28,39H,13-14H2,1-3H3,(H,35,41);1H4/t24-,25?,26-,28+,31+;/m0./s1. The van der Waals surface area contributed by atoms with Crippen molar-refractivity contribution < 1.29 is 33.7 Å². The summed E-state index contributed by atoms with van der Waals surface area (Å²) in [5.74, 6) is -4.08. The van der Waals surface area contributed by atoms with E-state index in [0.29, 0.717) is 5.56 Å². The Morgan fingerprint density at radius 2 is 1.85 bits per heavy atom. The lowest BCUT2D eigenvalue weighted by atomic mass is 9.73. The number of esters is 1. The van der Waals surface area contributed by atoms with Gasteiger partial charge in [0.15, 0.2) is 0 Å². The van der Waals surface area contributed by atoms with Gasteiger partial charge in [-0.05, 0) is 42.7 Å². The van der Waals surface area contributed by atoms with Gasteiger partial charge in [0, 0.05) is 39.4 Å². The first kappa shape index (κ1) is 35.7. The van der Waals surface area contributed by atoms with E-state index in [-0.39, 0.29) is 52.3 Å². The van der Waals surface area contributed by atoms with Crippen molar-refractivity contribution in [2.75, 3.05) is 19.0 Å². The Balaban J connectivity index is 0.00000500. The minimum atomic E-state index is -1.86. The van der Waals surface area contributed by atoms with E-state index in [9.17, 15) is 34.9 Å². The van der Waals surface area contributed by atoms with E-state index in [2.05, 4.69) is 10.1 Å². The van der Waals surface area contributed by atoms with E-state index in [1.165, 1.54) is 42.5 Å². The fourth-order valence-electron chi connectivity index (χ4n) is 6.94. The fourth-order valence-corrected chi connectivity index (χ4v) is 7.29. The van der Waals surface area contributed by atoms with Gasteiger partial charge in [-0.2, -0.15) is 0 Å². The lowest BCUT2D eigenvalue weighted by Gasteiger charge is -2.40. The average Bonchev–Trinajstić information content (AvgIpc) is 3.44. The van der Waals surface area contributed by atoms with Crippen molar-refractivity contribution >= 4 is 46.5 Å². The van der Waals surface area contributed by atoms with Crippen molar-refractivity contribution in [2.24, 2.45) is 5.92 Å². The van der Waals surface area contributed by atoms with Gasteiger partial charge in [-0.3, -0.25) is 29.9 Å². The molecule has 47 heavy (non-hydrogen) atoms. The highest BCUT2D eigenvalue weighted by Gasteiger charge is 2.71. The number of carbonyl (C=O) groups excluding carboxylic acids is 2. The first-order chi connectivity index (χ1) is 21.7. The molecule has 0 saturated carbocycles. The zero-order chi connectivity index (χ0) is 33.7. The van der Waals surface area contributed by atoms with Crippen LogP contribution >= 0.6 is 23.2 Å². The molecule has 2 heterocycles. The first-order valence-electron chi connectivity index (χ1n) is 14.2. The molecule has 1 saturated heterocycles. The van der Waals surface area contributed by atoms with Crippen LogP contribution in [0.25, 0.3) is 0 Å². The highest BCUT2D eigenvalue weighted by atomic mass is 35.5. The number of halogens is 3. The predicted octanol–water partition coefficient (Wildman–Crippen LogP) is 6.50. The van der Waals surface area contributed by atoms with Crippen molar-refractivity contribution in [2.45, 2.75) is 57.3 Å². The van der Waals surface area contributed by atoms with Crippen molar-refractivity contribution in [3.8, 4) is 0 Å². The number of anilines is 1. The van der Waals surface area contributed by atoms with Crippen LogP contribution in [0.5, 0.6) is 0 Å². The quantitative estimate of drug-likeness (QED) is 0.145. The Hall–Kier alpha value is -4.17. The predicted molar refractivity (Wildman–Crippen MR) is 173 cm³/mol. The van der Waals surface area contributed by atoms with Crippen LogP contribution in [0.15, 0.2) is 54.6 Å². The number of nitro groups is 2. The molecular formula is C32H33Cl2FN4O8. The normalized spacial score (nSPS) is 22.5. The zero-order valence-corrected chi connectivity index (χ0v) is 26.3. The summed E-state index contributed by atoms with van der Waals surface area (Å²) in [6.45, 7) is 3.75. The number of methoxy groups -OCH3 is 1. The molecule has 0 radical (unpaired) electrons. The highest BCUT2D eigenvalue weighted by molar-refractivity contribution is 6.31. The van der Waals surface area contributed by atoms with Crippen LogP contribution in [0.4, 0.5) is 15.8 Å². The number of amides is 1. The number of nitrogens with zero attached hydrogens (tertiary/aromatic N) is 3. The van der Waals surface area contributed by atoms with E-state index < -0.39 is 69.3 Å². The fraction of sp³-hybridized carbons (Fsp3) is 0.375. The van der Waals surface area contributed by atoms with E-state index in [0.717, 1.165) is 13.2 Å². The summed E-state index contributed by atoms with van der Waals surface area (Å²) < 4.78 is 20.6. The molecule has 1 unspecified atom stereocenters. The number of rotatable bonds is 9. The second-order valence-corrected chi connectivity index (χ2v) is 12.5. The van der Waals surface area contributed by atoms with Crippen LogP contribution in [0.1, 0.15) is 66.8 Å². The van der Waals surface area contributed by atoms with E-state index in [1.807, 2.05) is 13.8 Å². The molecule has 0 aromatic heterocycles. The number of hydrogen-bond acceptors (Lipinski definition) is 9. The molecular weight excluding hydrogens is 658 g/mol. The monoisotopic (exact) mass is 690 g/mol. The summed E-state index contributed by atoms with van der Waals surface area (Å²) in [5.41, 5.74) is -2.38. The Morgan fingerprint density at radius 1 is 1.15 bits per heavy atom. The number of benzene rings is 3. The molecule has 3 aromatic carbocycles. The van der Waals surface area contributed by atoms with Gasteiger partial charge in [-0.15, -0.1) is 0 Å². The minimum Gasteiger partial charge on any atom is -0.465 e. The summed E-state index contributed by atoms with van der Waals surface area (Å²) >= 11 is 12.4. The molecule has 15 heteroatoms. The number of carbonyl (C=O) groups is 2. The maximum Gasteiger partial charge on any atom is 0.338 e. The van der Waals surface area contributed by atoms with Crippen LogP contribution in [-0.2, 0) is 15.1 Å². The third-order valence-corrected chi connectivity index (χ3v) is 9.15. The number of fused-ring (bicyclic) bond motifs is 2. The summed E-state index contributed by atoms with van der Waals surface area (Å²) in [5, 5.41) is 39.5. The number of nitro benzene ring substituents is 1. The zero-order valence-electron chi connectivity index (χ0n) is 24.8. The van der Waals surface area contributed by atoms with E-state index in [1.54, 1.807) is 11.0 Å². The molecule has 0 aliphatic carbocycles. The SMILES string of the molecule is C.COC(=O)c1ccc(C(O)C[C@H]2[C@@H]([N+](=O)[O-])[C@H](c3cccc(Cl)c3F)[C@]3(C(=O)Nc4cc(Cl)ccc43)N2CC(C)C)c([N+](=O)[O-])c1. The number of likely N-dealkylation sites (tertiary alicyclic amines) is 1. The lowest BCUT2D eigenvalue weighted by molar-refractivity contribution is -0.528. The molecule has 2 N–H and O–H groups in total. The maximum absolute atomic E-state index is 15.9. The molecule has 5 atom stereocenters. The van der Waals surface area contributed by atoms with E-state index >= 15 is 4.39 Å². The summed E-state index contributed by atoms with van der Waals surface area (Å²) in [6, 6.07) is 9.04. The minimum absolute atomic E-state index is 0. The van der Waals surface area contributed by atoms with Gasteiger partial charge in [-0.25, -0.2) is 9.18 Å². The molecule has 5 rings (SSSR count). The molecule has 3 aromatic rings. The summed E-state index contributed by atoms with van der Waals surface area (Å²) in [7, 11) is 1.11. The Morgan fingerprint density at radius 3 is 2.47 bits per heavy atom. The number of ether oxygens (including phenoxy) is 1. The van der Waals surface area contributed by atoms with Crippen LogP contribution in [0.2, 0.25) is 10.0 Å². The van der Waals surface area contributed by atoms with Crippen molar-refractivity contribution in [3.05, 3.63) is 113 Å². The molecule has 250 valence electrons. The maximum atomic E-state index is 15.9. The molecule has 1 spiro atoms. The second-order valence-electron chi connectivity index (χ2n) is 11.7. The van der Waals surface area contributed by atoms with E-state index in [4.69, 9.17) is 23.2 Å². The average molecular weight is 692 g/mol. The number of aliphatic hydroxyl groups excluding tert-OH is 1. The van der Waals surface area contributed by atoms with Crippen LogP contribution in [0, 0.1) is 32.0 Å². The summed E-state index contributed by atoms with van der Waals surface area (Å²) in [4.78, 5) is 51.7. The number of hydrogen-bond donors (Lipinski definition) is 2. The van der Waals surface area contributed by atoms with Gasteiger partial charge in [0.25, 0.3) is 11.6 Å². The lowest BCUT2D eigenvalue weighted by Crippen LogP contribution is -2.53. The Labute approximate surface area is 279 Å². The topological polar surface area (TPSA) is 165 Å². The molecule has 2 aliphatic rings. The summed E-state index contributed by atoms with van der Waals surface area (Å²) in [6.07, 6.45) is -2.14. The highest BCUT2D eigenvalue weighted by Crippen LogP contribution is 2.59. The van der Waals surface area contributed by atoms with Crippen molar-refractivity contribution in [3.63, 3.8) is 0 Å². The van der Waals surface area contributed by atoms with Crippen LogP contribution in [0.3, 0.4) is 0 Å². The second kappa shape index (κ2) is 13.5.